The number of esters is 1. The molecule has 2 N–H and O–H groups in total. The van der Waals surface area contributed by atoms with Crippen molar-refractivity contribution in [3.05, 3.63) is 0 Å². The Hall–Kier alpha value is -0.220. The molecule has 0 radical (unpaired) electrons. The van der Waals surface area contributed by atoms with Gasteiger partial charge in [0.05, 0.1) is 6.61 Å². The van der Waals surface area contributed by atoms with E-state index in [1.54, 1.807) is 0 Å². The van der Waals surface area contributed by atoms with Crippen LogP contribution in [0.3, 0.4) is 0 Å². The van der Waals surface area contributed by atoms with E-state index in [2.05, 4.69) is 0 Å². The molecule has 0 spiro atoms. The van der Waals surface area contributed by atoms with Crippen molar-refractivity contribution in [2.75, 3.05) is 18.1 Å². The van der Waals surface area contributed by atoms with E-state index in [1.807, 2.05) is 32.5 Å². The Labute approximate surface area is 103 Å². The first kappa shape index (κ1) is 15.8. The summed E-state index contributed by atoms with van der Waals surface area (Å²) in [7, 11) is 0. The van der Waals surface area contributed by atoms with Crippen LogP contribution in [0.1, 0.15) is 46.5 Å². The van der Waals surface area contributed by atoms with Gasteiger partial charge < -0.3 is 10.5 Å². The summed E-state index contributed by atoms with van der Waals surface area (Å²) in [4.78, 5) is 11.0. The number of unbranched alkanes of at least 4 members (excludes halogenated alkanes) is 2. The first-order chi connectivity index (χ1) is 7.45. The van der Waals surface area contributed by atoms with E-state index in [0.717, 1.165) is 30.8 Å². The van der Waals surface area contributed by atoms with Crippen molar-refractivity contribution in [2.24, 2.45) is 5.73 Å². The second-order valence-corrected chi connectivity index (χ2v) is 5.76. The zero-order valence-electron chi connectivity index (χ0n) is 10.8. The molecule has 0 fully saturated rings. The monoisotopic (exact) mass is 247 g/mol. The number of ether oxygens (including phenoxy) is 1. The number of carbonyl (C=O) groups excluding carboxylic acids is 1. The van der Waals surface area contributed by atoms with E-state index in [-0.39, 0.29) is 11.5 Å². The molecule has 0 aliphatic rings. The molecular formula is C12H25NO2S. The molecule has 0 heterocycles. The van der Waals surface area contributed by atoms with Crippen molar-refractivity contribution in [3.63, 3.8) is 0 Å². The topological polar surface area (TPSA) is 52.3 Å². The Bertz CT molecular complexity index is 190. The highest BCUT2D eigenvalue weighted by molar-refractivity contribution is 7.99. The summed E-state index contributed by atoms with van der Waals surface area (Å²) in [6.45, 7) is 6.41. The number of carbonyl (C=O) groups is 1. The standard InChI is InChI=1S/C12H25NO2S/c1-4-15-11(14)8-6-5-7-9-16-10-12(2,3)13/h4-10,13H2,1-3H3. The molecule has 16 heavy (non-hydrogen) atoms. The highest BCUT2D eigenvalue weighted by atomic mass is 32.2. The number of rotatable bonds is 9. The van der Waals surface area contributed by atoms with Gasteiger partial charge in [-0.3, -0.25) is 4.79 Å². The molecule has 0 saturated heterocycles. The summed E-state index contributed by atoms with van der Waals surface area (Å²) in [5.41, 5.74) is 5.79. The van der Waals surface area contributed by atoms with Gasteiger partial charge in [-0.15, -0.1) is 0 Å². The normalized spacial score (nSPS) is 11.5. The molecule has 3 nitrogen and oxygen atoms in total. The molecule has 0 aromatic carbocycles. The van der Waals surface area contributed by atoms with E-state index >= 15 is 0 Å². The maximum Gasteiger partial charge on any atom is 0.305 e. The van der Waals surface area contributed by atoms with Crippen molar-refractivity contribution >= 4 is 17.7 Å². The van der Waals surface area contributed by atoms with Gasteiger partial charge in [-0.25, -0.2) is 0 Å². The Kier molecular flexibility index (Phi) is 8.76. The summed E-state index contributed by atoms with van der Waals surface area (Å²) in [6, 6.07) is 0. The van der Waals surface area contributed by atoms with E-state index in [9.17, 15) is 4.79 Å². The van der Waals surface area contributed by atoms with Gasteiger partial charge in [0.15, 0.2) is 0 Å². The highest BCUT2D eigenvalue weighted by Crippen LogP contribution is 2.13. The Morgan fingerprint density at radius 2 is 2.00 bits per heavy atom. The predicted octanol–water partition coefficient (Wildman–Crippen LogP) is 2.58. The first-order valence-corrected chi connectivity index (χ1v) is 7.13. The van der Waals surface area contributed by atoms with E-state index in [0.29, 0.717) is 13.0 Å². The number of hydrogen-bond acceptors (Lipinski definition) is 4. The molecule has 0 atom stereocenters. The van der Waals surface area contributed by atoms with Gasteiger partial charge in [-0.05, 0) is 39.4 Å². The minimum absolute atomic E-state index is 0.0711. The second-order valence-electron chi connectivity index (χ2n) is 4.66. The van der Waals surface area contributed by atoms with Gasteiger partial charge in [0.2, 0.25) is 0 Å². The predicted molar refractivity (Wildman–Crippen MR) is 70.7 cm³/mol. The third-order valence-corrected chi connectivity index (χ3v) is 3.47. The molecule has 0 amide bonds. The lowest BCUT2D eigenvalue weighted by Gasteiger charge is -2.17. The summed E-state index contributed by atoms with van der Waals surface area (Å²) in [6.07, 6.45) is 3.74. The maximum atomic E-state index is 11.0. The van der Waals surface area contributed by atoms with Crippen molar-refractivity contribution < 1.29 is 9.53 Å². The van der Waals surface area contributed by atoms with E-state index in [1.165, 1.54) is 0 Å². The van der Waals surface area contributed by atoms with Crippen LogP contribution in [-0.4, -0.2) is 29.6 Å². The van der Waals surface area contributed by atoms with Crippen LogP contribution in [0.5, 0.6) is 0 Å². The molecule has 96 valence electrons. The van der Waals surface area contributed by atoms with Crippen molar-refractivity contribution in [1.29, 1.82) is 0 Å². The lowest BCUT2D eigenvalue weighted by atomic mass is 10.1. The van der Waals surface area contributed by atoms with Gasteiger partial charge in [-0.1, -0.05) is 6.42 Å². The molecule has 4 heteroatoms. The van der Waals surface area contributed by atoms with Gasteiger partial charge in [0.1, 0.15) is 0 Å². The lowest BCUT2D eigenvalue weighted by molar-refractivity contribution is -0.143. The van der Waals surface area contributed by atoms with Crippen molar-refractivity contribution in [2.45, 2.75) is 52.0 Å². The Morgan fingerprint density at radius 3 is 2.56 bits per heavy atom. The lowest BCUT2D eigenvalue weighted by Crippen LogP contribution is -2.34. The smallest absolute Gasteiger partial charge is 0.305 e. The molecule has 0 rings (SSSR count). The Balaban J connectivity index is 3.19. The Morgan fingerprint density at radius 1 is 1.31 bits per heavy atom. The quantitative estimate of drug-likeness (QED) is 0.502. The SMILES string of the molecule is CCOC(=O)CCCCCSCC(C)(C)N. The summed E-state index contributed by atoms with van der Waals surface area (Å²) in [5, 5.41) is 0. The van der Waals surface area contributed by atoms with Crippen LogP contribution in [0.2, 0.25) is 0 Å². The third kappa shape index (κ3) is 11.9. The van der Waals surface area contributed by atoms with Gasteiger partial charge in [0.25, 0.3) is 0 Å². The first-order valence-electron chi connectivity index (χ1n) is 5.98. The molecule has 0 aliphatic heterocycles. The van der Waals surface area contributed by atoms with Gasteiger partial charge in [0, 0.05) is 17.7 Å². The minimum Gasteiger partial charge on any atom is -0.466 e. The molecular weight excluding hydrogens is 222 g/mol. The number of thioether (sulfide) groups is 1. The summed E-state index contributed by atoms with van der Waals surface area (Å²) in [5.74, 6) is 2.05. The highest BCUT2D eigenvalue weighted by Gasteiger charge is 2.09. The second kappa shape index (κ2) is 8.88. The molecule has 0 aromatic rings. The average Bonchev–Trinajstić information content (AvgIpc) is 2.15. The van der Waals surface area contributed by atoms with Crippen LogP contribution in [0.15, 0.2) is 0 Å². The van der Waals surface area contributed by atoms with Crippen LogP contribution < -0.4 is 5.73 Å². The van der Waals surface area contributed by atoms with Crippen LogP contribution in [0.25, 0.3) is 0 Å². The zero-order chi connectivity index (χ0) is 12.4. The fourth-order valence-electron chi connectivity index (χ4n) is 1.22. The largest absolute Gasteiger partial charge is 0.466 e. The number of nitrogens with two attached hydrogens (primary N) is 1. The molecule has 0 aliphatic carbocycles. The minimum atomic E-state index is -0.0738. The zero-order valence-corrected chi connectivity index (χ0v) is 11.6. The molecule has 0 saturated carbocycles. The third-order valence-electron chi connectivity index (χ3n) is 1.95. The van der Waals surface area contributed by atoms with Crippen LogP contribution in [-0.2, 0) is 9.53 Å². The fourth-order valence-corrected chi connectivity index (χ4v) is 2.30. The summed E-state index contributed by atoms with van der Waals surface area (Å²) < 4.78 is 4.85. The average molecular weight is 247 g/mol. The maximum absolute atomic E-state index is 11.0. The summed E-state index contributed by atoms with van der Waals surface area (Å²) >= 11 is 1.89. The number of hydrogen-bond donors (Lipinski definition) is 1. The van der Waals surface area contributed by atoms with E-state index in [4.69, 9.17) is 10.5 Å². The molecule has 0 bridgehead atoms. The molecule has 0 aromatic heterocycles. The van der Waals surface area contributed by atoms with Crippen molar-refractivity contribution in [1.82, 2.24) is 0 Å². The van der Waals surface area contributed by atoms with Crippen molar-refractivity contribution in [3.8, 4) is 0 Å². The molecule has 0 unspecified atom stereocenters. The fraction of sp³-hybridized carbons (Fsp3) is 0.917. The van der Waals surface area contributed by atoms with Gasteiger partial charge in [-0.2, -0.15) is 11.8 Å². The van der Waals surface area contributed by atoms with E-state index < -0.39 is 0 Å². The van der Waals surface area contributed by atoms with Crippen LogP contribution >= 0.6 is 11.8 Å². The van der Waals surface area contributed by atoms with Crippen LogP contribution in [0, 0.1) is 0 Å². The van der Waals surface area contributed by atoms with Gasteiger partial charge >= 0.3 is 5.97 Å². The van der Waals surface area contributed by atoms with Crippen LogP contribution in [0.4, 0.5) is 0 Å².